The van der Waals surface area contributed by atoms with Crippen molar-refractivity contribution in [3.63, 3.8) is 0 Å². The Bertz CT molecular complexity index is 937. The highest BCUT2D eigenvalue weighted by Gasteiger charge is 2.29. The lowest BCUT2D eigenvalue weighted by molar-refractivity contribution is -0.151. The largest absolute Gasteiger partial charge is 0.465 e. The van der Waals surface area contributed by atoms with Gasteiger partial charge in [0.1, 0.15) is 18.2 Å². The lowest BCUT2D eigenvalue weighted by atomic mass is 9.96. The molecule has 3 rings (SSSR count). The molecule has 30 heavy (non-hydrogen) atoms. The maximum atomic E-state index is 13.8. The number of piperidine rings is 1. The highest BCUT2D eigenvalue weighted by Crippen LogP contribution is 2.22. The monoisotopic (exact) mass is 417 g/mol. The number of nitrogens with zero attached hydrogens (tertiary/aromatic N) is 1. The topological polar surface area (TPSA) is 72.9 Å². The van der Waals surface area contributed by atoms with E-state index in [2.05, 4.69) is 4.74 Å². The van der Waals surface area contributed by atoms with Crippen molar-refractivity contribution in [1.29, 1.82) is 0 Å². The van der Waals surface area contributed by atoms with Gasteiger partial charge < -0.3 is 14.4 Å². The molecule has 158 valence electrons. The van der Waals surface area contributed by atoms with Crippen LogP contribution in [0.15, 0.2) is 42.5 Å². The molecule has 8 heteroatoms. The summed E-state index contributed by atoms with van der Waals surface area (Å²) in [6, 6.07) is 9.38. The lowest BCUT2D eigenvalue weighted by Crippen LogP contribution is -2.41. The summed E-state index contributed by atoms with van der Waals surface area (Å²) in [5.74, 6) is -3.34. The molecule has 0 spiro atoms. The minimum absolute atomic E-state index is 0.0697. The number of amides is 1. The van der Waals surface area contributed by atoms with Gasteiger partial charge in [-0.15, -0.1) is 0 Å². The Morgan fingerprint density at radius 3 is 2.30 bits per heavy atom. The van der Waals surface area contributed by atoms with E-state index < -0.39 is 23.5 Å². The second-order valence-corrected chi connectivity index (χ2v) is 6.99. The van der Waals surface area contributed by atoms with Crippen molar-refractivity contribution in [2.75, 3.05) is 20.2 Å². The standard InChI is InChI=1S/C22H21F2NO5/c1-29-21(27)15-4-2-14(3-5-15)13-30-22(28)16-8-10-25(11-9-16)20(26)18-7-6-17(23)12-19(18)24/h2-7,12,16H,8-11,13H2,1H3. The molecule has 2 aromatic carbocycles. The van der Waals surface area contributed by atoms with Gasteiger partial charge in [0.15, 0.2) is 0 Å². The third-order valence-corrected chi connectivity index (χ3v) is 5.03. The quantitative estimate of drug-likeness (QED) is 0.698. The van der Waals surface area contributed by atoms with Crippen LogP contribution < -0.4 is 0 Å². The van der Waals surface area contributed by atoms with Gasteiger partial charge in [0.2, 0.25) is 0 Å². The molecule has 0 bridgehead atoms. The van der Waals surface area contributed by atoms with Crippen LogP contribution in [-0.4, -0.2) is 42.9 Å². The molecule has 1 heterocycles. The van der Waals surface area contributed by atoms with Crippen molar-refractivity contribution in [2.24, 2.45) is 5.92 Å². The van der Waals surface area contributed by atoms with Gasteiger partial charge in [0.05, 0.1) is 24.2 Å². The maximum absolute atomic E-state index is 13.8. The first-order chi connectivity index (χ1) is 14.4. The van der Waals surface area contributed by atoms with Crippen LogP contribution in [0, 0.1) is 17.6 Å². The number of hydrogen-bond donors (Lipinski definition) is 0. The Morgan fingerprint density at radius 1 is 1.03 bits per heavy atom. The van der Waals surface area contributed by atoms with Crippen LogP contribution in [0.5, 0.6) is 0 Å². The molecule has 0 saturated carbocycles. The third-order valence-electron chi connectivity index (χ3n) is 5.03. The van der Waals surface area contributed by atoms with Gasteiger partial charge in [-0.3, -0.25) is 9.59 Å². The smallest absolute Gasteiger partial charge is 0.337 e. The molecule has 6 nitrogen and oxygen atoms in total. The minimum Gasteiger partial charge on any atom is -0.465 e. The van der Waals surface area contributed by atoms with Crippen LogP contribution in [0.1, 0.15) is 39.1 Å². The number of benzene rings is 2. The third kappa shape index (κ3) is 5.00. The van der Waals surface area contributed by atoms with Gasteiger partial charge in [-0.05, 0) is 42.7 Å². The summed E-state index contributed by atoms with van der Waals surface area (Å²) in [4.78, 5) is 37.6. The van der Waals surface area contributed by atoms with E-state index >= 15 is 0 Å². The van der Waals surface area contributed by atoms with Crippen molar-refractivity contribution >= 4 is 17.8 Å². The van der Waals surface area contributed by atoms with Crippen molar-refractivity contribution in [3.05, 3.63) is 70.8 Å². The molecular formula is C22H21F2NO5. The van der Waals surface area contributed by atoms with Crippen LogP contribution in [0.2, 0.25) is 0 Å². The van der Waals surface area contributed by atoms with Crippen molar-refractivity contribution in [3.8, 4) is 0 Å². The van der Waals surface area contributed by atoms with Gasteiger partial charge in [-0.2, -0.15) is 0 Å². The molecule has 2 aromatic rings. The summed E-state index contributed by atoms with van der Waals surface area (Å²) in [5, 5.41) is 0. The van der Waals surface area contributed by atoms with Crippen molar-refractivity contribution in [2.45, 2.75) is 19.4 Å². The predicted molar refractivity (Wildman–Crippen MR) is 103 cm³/mol. The Kier molecular flexibility index (Phi) is 6.76. The van der Waals surface area contributed by atoms with Crippen LogP contribution in [0.3, 0.4) is 0 Å². The van der Waals surface area contributed by atoms with Crippen LogP contribution >= 0.6 is 0 Å². The maximum Gasteiger partial charge on any atom is 0.337 e. The molecule has 0 aromatic heterocycles. The SMILES string of the molecule is COC(=O)c1ccc(COC(=O)C2CCN(C(=O)c3ccc(F)cc3F)CC2)cc1. The first-order valence-electron chi connectivity index (χ1n) is 9.47. The van der Waals surface area contributed by atoms with Crippen molar-refractivity contribution < 1.29 is 32.6 Å². The Balaban J connectivity index is 1.49. The second kappa shape index (κ2) is 9.47. The fraction of sp³-hybridized carbons (Fsp3) is 0.318. The zero-order chi connectivity index (χ0) is 21.7. The summed E-state index contributed by atoms with van der Waals surface area (Å²) in [7, 11) is 1.30. The first-order valence-corrected chi connectivity index (χ1v) is 9.47. The lowest BCUT2D eigenvalue weighted by Gasteiger charge is -2.31. The molecule has 0 atom stereocenters. The zero-order valence-corrected chi connectivity index (χ0v) is 16.4. The summed E-state index contributed by atoms with van der Waals surface area (Å²) in [5.41, 5.74) is 0.949. The average Bonchev–Trinajstić information content (AvgIpc) is 2.77. The number of carbonyl (C=O) groups excluding carboxylic acids is 3. The predicted octanol–water partition coefficient (Wildman–Crippen LogP) is 3.35. The van der Waals surface area contributed by atoms with Crippen LogP contribution in [-0.2, 0) is 20.9 Å². The molecule has 0 aliphatic carbocycles. The number of hydrogen-bond acceptors (Lipinski definition) is 5. The molecule has 1 aliphatic heterocycles. The van der Waals surface area contributed by atoms with Crippen molar-refractivity contribution in [1.82, 2.24) is 4.90 Å². The van der Waals surface area contributed by atoms with Crippen LogP contribution in [0.4, 0.5) is 8.78 Å². The summed E-state index contributed by atoms with van der Waals surface area (Å²) in [6.45, 7) is 0.632. The molecule has 0 N–H and O–H groups in total. The fourth-order valence-corrected chi connectivity index (χ4v) is 3.28. The van der Waals surface area contributed by atoms with Gasteiger partial charge in [-0.1, -0.05) is 12.1 Å². The van der Waals surface area contributed by atoms with E-state index in [1.807, 2.05) is 0 Å². The summed E-state index contributed by atoms with van der Waals surface area (Å²) >= 11 is 0. The first kappa shape index (κ1) is 21.4. The van der Waals surface area contributed by atoms with E-state index in [0.29, 0.717) is 24.5 Å². The number of likely N-dealkylation sites (tertiary alicyclic amines) is 1. The molecule has 1 amide bonds. The Morgan fingerprint density at radius 2 is 1.70 bits per heavy atom. The molecule has 1 saturated heterocycles. The Hall–Kier alpha value is -3.29. The second-order valence-electron chi connectivity index (χ2n) is 6.99. The van der Waals surface area contributed by atoms with E-state index in [9.17, 15) is 23.2 Å². The number of rotatable bonds is 5. The van der Waals surface area contributed by atoms with E-state index in [0.717, 1.165) is 17.7 Å². The van der Waals surface area contributed by atoms with Gasteiger partial charge in [-0.25, -0.2) is 13.6 Å². The number of halogens is 2. The number of carbonyl (C=O) groups is 3. The average molecular weight is 417 g/mol. The molecule has 0 radical (unpaired) electrons. The van der Waals surface area contributed by atoms with Gasteiger partial charge >= 0.3 is 11.9 Å². The zero-order valence-electron chi connectivity index (χ0n) is 16.4. The molecule has 0 unspecified atom stereocenters. The van der Waals surface area contributed by atoms with Gasteiger partial charge in [0, 0.05) is 19.2 Å². The normalized spacial score (nSPS) is 14.3. The minimum atomic E-state index is -0.903. The summed E-state index contributed by atoms with van der Waals surface area (Å²) < 4.78 is 36.8. The van der Waals surface area contributed by atoms with E-state index in [1.54, 1.807) is 24.3 Å². The molecular weight excluding hydrogens is 396 g/mol. The molecule has 1 fully saturated rings. The van der Waals surface area contributed by atoms with E-state index in [4.69, 9.17) is 4.74 Å². The number of methoxy groups -OCH3 is 1. The number of esters is 2. The van der Waals surface area contributed by atoms with E-state index in [1.165, 1.54) is 12.0 Å². The van der Waals surface area contributed by atoms with Gasteiger partial charge in [0.25, 0.3) is 5.91 Å². The highest BCUT2D eigenvalue weighted by atomic mass is 19.1. The van der Waals surface area contributed by atoms with Crippen LogP contribution in [0.25, 0.3) is 0 Å². The summed E-state index contributed by atoms with van der Waals surface area (Å²) in [6.07, 6.45) is 0.795. The molecule has 1 aliphatic rings. The fourth-order valence-electron chi connectivity index (χ4n) is 3.28. The highest BCUT2D eigenvalue weighted by molar-refractivity contribution is 5.94. The number of ether oxygens (including phenoxy) is 2. The van der Waals surface area contributed by atoms with E-state index in [-0.39, 0.29) is 37.1 Å². The Labute approximate surface area is 172 Å².